The maximum absolute atomic E-state index is 13.9. The van der Waals surface area contributed by atoms with Gasteiger partial charge in [-0.05, 0) is 43.3 Å². The Labute approximate surface area is 221 Å². The van der Waals surface area contributed by atoms with Crippen LogP contribution in [0.25, 0.3) is 0 Å². The van der Waals surface area contributed by atoms with E-state index in [0.29, 0.717) is 12.8 Å². The second kappa shape index (κ2) is 9.19. The lowest BCUT2D eigenvalue weighted by Gasteiger charge is -2.61. The Morgan fingerprint density at radius 1 is 1.25 bits per heavy atom. The fourth-order valence-electron chi connectivity index (χ4n) is 7.98. The number of hydrogen-bond acceptors (Lipinski definition) is 7. The summed E-state index contributed by atoms with van der Waals surface area (Å²) in [5, 5.41) is 11.8. The Bertz CT molecular complexity index is 1050. The Kier molecular flexibility index (Phi) is 6.95. The van der Waals surface area contributed by atoms with Crippen molar-refractivity contribution in [2.45, 2.75) is 77.3 Å². The molecule has 36 heavy (non-hydrogen) atoms. The fraction of sp³-hybridized carbons (Fsp3) is 0.714. The first kappa shape index (κ1) is 27.2. The normalized spacial score (nSPS) is 43.2. The fourth-order valence-corrected chi connectivity index (χ4v) is 9.03. The minimum Gasteiger partial charge on any atom is -0.458 e. The molecule has 0 bridgehead atoms. The van der Waals surface area contributed by atoms with Gasteiger partial charge < -0.3 is 14.6 Å². The van der Waals surface area contributed by atoms with Gasteiger partial charge in [-0.2, -0.15) is 0 Å². The topological polar surface area (TPSA) is 107 Å². The molecular formula is C28H37BrO7. The second-order valence-corrected chi connectivity index (χ2v) is 13.1. The SMILES string of the molecule is CC(=O)OCC(=O)[C@@]1(OC(=O)C(C)C)C(C)C[C@H]2[C@@H]3C(Br)CC4=CC(=O)C=C[C@]4(C)[C@H]3C(O)C[C@@]21C. The van der Waals surface area contributed by atoms with Gasteiger partial charge >= 0.3 is 11.9 Å². The monoisotopic (exact) mass is 564 g/mol. The lowest BCUT2D eigenvalue weighted by atomic mass is 9.46. The number of ketones is 2. The van der Waals surface area contributed by atoms with E-state index in [4.69, 9.17) is 9.47 Å². The highest BCUT2D eigenvalue weighted by atomic mass is 79.9. The van der Waals surface area contributed by atoms with E-state index in [1.165, 1.54) is 6.92 Å². The van der Waals surface area contributed by atoms with Crippen molar-refractivity contribution < 1.29 is 33.8 Å². The van der Waals surface area contributed by atoms with Gasteiger partial charge in [0.15, 0.2) is 18.0 Å². The number of hydrogen-bond donors (Lipinski definition) is 1. The van der Waals surface area contributed by atoms with Crippen molar-refractivity contribution >= 4 is 39.4 Å². The van der Waals surface area contributed by atoms with Gasteiger partial charge in [-0.3, -0.25) is 19.2 Å². The van der Waals surface area contributed by atoms with Crippen molar-refractivity contribution in [2.75, 3.05) is 6.61 Å². The van der Waals surface area contributed by atoms with E-state index in [2.05, 4.69) is 22.9 Å². The van der Waals surface area contributed by atoms with Crippen LogP contribution in [0.2, 0.25) is 0 Å². The van der Waals surface area contributed by atoms with E-state index in [0.717, 1.165) is 5.57 Å². The van der Waals surface area contributed by atoms with Crippen LogP contribution in [0.15, 0.2) is 23.8 Å². The van der Waals surface area contributed by atoms with Gasteiger partial charge in [0.25, 0.3) is 0 Å². The van der Waals surface area contributed by atoms with Crippen molar-refractivity contribution in [1.29, 1.82) is 0 Å². The quantitative estimate of drug-likeness (QED) is 0.397. The number of Topliss-reactive ketones (excluding diaryl/α,β-unsaturated/α-hetero) is 1. The summed E-state index contributed by atoms with van der Waals surface area (Å²) in [7, 11) is 0. The molecule has 198 valence electrons. The number of aliphatic hydroxyl groups excluding tert-OH is 1. The smallest absolute Gasteiger partial charge is 0.309 e. The molecule has 0 amide bonds. The number of esters is 2. The molecule has 0 aromatic heterocycles. The molecule has 4 aliphatic rings. The molecule has 7 nitrogen and oxygen atoms in total. The van der Waals surface area contributed by atoms with Crippen molar-refractivity contribution in [3.63, 3.8) is 0 Å². The van der Waals surface area contributed by atoms with Crippen LogP contribution in [0, 0.1) is 40.4 Å². The minimum absolute atomic E-state index is 0.0206. The first-order chi connectivity index (χ1) is 16.7. The van der Waals surface area contributed by atoms with Crippen molar-refractivity contribution in [1.82, 2.24) is 0 Å². The number of aliphatic hydroxyl groups is 1. The van der Waals surface area contributed by atoms with Crippen molar-refractivity contribution in [2.24, 2.45) is 40.4 Å². The predicted octanol–water partition coefficient (Wildman–Crippen LogP) is 3.95. The summed E-state index contributed by atoms with van der Waals surface area (Å²) in [4.78, 5) is 50.6. The van der Waals surface area contributed by atoms with Crippen LogP contribution in [0.3, 0.4) is 0 Å². The Morgan fingerprint density at radius 3 is 2.53 bits per heavy atom. The standard InChI is InChI=1S/C28H37BrO7/c1-14(2)25(34)36-28(22(33)13-35-16(4)30)15(3)9-19-23-20(29)11-17-10-18(31)7-8-26(17,5)24(23)21(32)12-27(19,28)6/h7-8,10,14-15,19-21,23-24,32H,9,11-13H2,1-6H3/t15?,19-,20?,21?,23+,24-,26-,27-,28-/m0/s1. The Morgan fingerprint density at radius 2 is 1.92 bits per heavy atom. The molecule has 8 heteroatoms. The first-order valence-corrected chi connectivity index (χ1v) is 13.8. The number of carbonyl (C=O) groups excluding carboxylic acids is 4. The van der Waals surface area contributed by atoms with Crippen LogP contribution in [-0.2, 0) is 28.7 Å². The lowest BCUT2D eigenvalue weighted by Crippen LogP contribution is -2.65. The summed E-state index contributed by atoms with van der Waals surface area (Å²) in [5.41, 5.74) is -1.86. The molecule has 0 radical (unpaired) electrons. The van der Waals surface area contributed by atoms with Crippen molar-refractivity contribution in [3.8, 4) is 0 Å². The molecule has 0 aromatic carbocycles. The second-order valence-electron chi connectivity index (χ2n) is 12.0. The maximum atomic E-state index is 13.9. The molecule has 0 spiro atoms. The van der Waals surface area contributed by atoms with Gasteiger partial charge in [-0.25, -0.2) is 0 Å². The van der Waals surface area contributed by atoms with E-state index < -0.39 is 52.8 Å². The third-order valence-corrected chi connectivity index (χ3v) is 10.5. The average molecular weight is 566 g/mol. The van der Waals surface area contributed by atoms with E-state index in [9.17, 15) is 24.3 Å². The van der Waals surface area contributed by atoms with E-state index >= 15 is 0 Å². The third kappa shape index (κ3) is 3.85. The van der Waals surface area contributed by atoms with Crippen LogP contribution >= 0.6 is 15.9 Å². The van der Waals surface area contributed by atoms with Gasteiger partial charge in [-0.1, -0.05) is 62.2 Å². The van der Waals surface area contributed by atoms with Crippen LogP contribution in [0.4, 0.5) is 0 Å². The number of allylic oxidation sites excluding steroid dienone is 4. The molecule has 3 fully saturated rings. The van der Waals surface area contributed by atoms with E-state index in [1.807, 2.05) is 19.9 Å². The van der Waals surface area contributed by atoms with Gasteiger partial charge in [0.05, 0.1) is 12.0 Å². The van der Waals surface area contributed by atoms with Gasteiger partial charge in [-0.15, -0.1) is 0 Å². The first-order valence-electron chi connectivity index (χ1n) is 12.8. The molecule has 4 rings (SSSR count). The number of fused-ring (bicyclic) bond motifs is 5. The highest BCUT2D eigenvalue weighted by molar-refractivity contribution is 9.09. The van der Waals surface area contributed by atoms with Crippen molar-refractivity contribution in [3.05, 3.63) is 23.8 Å². The maximum Gasteiger partial charge on any atom is 0.309 e. The summed E-state index contributed by atoms with van der Waals surface area (Å²) in [6, 6.07) is 0. The molecule has 1 N–H and O–H groups in total. The lowest BCUT2D eigenvalue weighted by molar-refractivity contribution is -0.207. The van der Waals surface area contributed by atoms with Crippen LogP contribution < -0.4 is 0 Å². The van der Waals surface area contributed by atoms with Gasteiger partial charge in [0.1, 0.15) is 0 Å². The molecule has 0 aromatic rings. The molecular weight excluding hydrogens is 528 g/mol. The van der Waals surface area contributed by atoms with Gasteiger partial charge in [0, 0.05) is 34.4 Å². The largest absolute Gasteiger partial charge is 0.458 e. The highest BCUT2D eigenvalue weighted by Gasteiger charge is 2.73. The zero-order valence-electron chi connectivity index (χ0n) is 21.9. The molecule has 0 aliphatic heterocycles. The predicted molar refractivity (Wildman–Crippen MR) is 136 cm³/mol. The zero-order valence-corrected chi connectivity index (χ0v) is 23.5. The number of carbonyl (C=O) groups is 4. The Hall–Kier alpha value is -1.80. The summed E-state index contributed by atoms with van der Waals surface area (Å²) < 4.78 is 11.3. The zero-order chi connectivity index (χ0) is 26.8. The number of halogens is 1. The minimum atomic E-state index is -1.53. The third-order valence-electron chi connectivity index (χ3n) is 9.58. The molecule has 0 heterocycles. The van der Waals surface area contributed by atoms with Crippen LogP contribution in [-0.4, -0.2) is 51.8 Å². The molecule has 3 unspecified atom stereocenters. The molecule has 4 aliphatic carbocycles. The summed E-state index contributed by atoms with van der Waals surface area (Å²) in [6.07, 6.45) is 5.95. The van der Waals surface area contributed by atoms with Crippen LogP contribution in [0.5, 0.6) is 0 Å². The van der Waals surface area contributed by atoms with E-state index in [1.54, 1.807) is 26.0 Å². The van der Waals surface area contributed by atoms with Crippen LogP contribution in [0.1, 0.15) is 60.8 Å². The molecule has 0 saturated heterocycles. The highest BCUT2D eigenvalue weighted by Crippen LogP contribution is 2.70. The Balaban J connectivity index is 1.82. The molecule has 3 saturated carbocycles. The number of ether oxygens (including phenoxy) is 2. The van der Waals surface area contributed by atoms with Gasteiger partial charge in [0.2, 0.25) is 5.78 Å². The number of alkyl halides is 1. The average Bonchev–Trinajstić information content (AvgIpc) is 2.99. The summed E-state index contributed by atoms with van der Waals surface area (Å²) in [5.74, 6) is -2.57. The summed E-state index contributed by atoms with van der Waals surface area (Å²) >= 11 is 3.89. The van der Waals surface area contributed by atoms with E-state index in [-0.39, 0.29) is 40.7 Å². The number of rotatable bonds is 5. The summed E-state index contributed by atoms with van der Waals surface area (Å²) in [6.45, 7) is 10.2. The molecule has 9 atom stereocenters.